The van der Waals surface area contributed by atoms with Gasteiger partial charge in [0, 0.05) is 23.9 Å². The van der Waals surface area contributed by atoms with Crippen molar-refractivity contribution in [3.05, 3.63) is 29.1 Å². The van der Waals surface area contributed by atoms with Gasteiger partial charge in [-0.15, -0.1) is 11.3 Å². The van der Waals surface area contributed by atoms with Gasteiger partial charge in [0.2, 0.25) is 11.8 Å². The van der Waals surface area contributed by atoms with E-state index >= 15 is 0 Å². The number of rotatable bonds is 4. The number of amides is 2. The summed E-state index contributed by atoms with van der Waals surface area (Å²) in [5, 5.41) is 8.01. The van der Waals surface area contributed by atoms with E-state index < -0.39 is 0 Å². The number of anilines is 1. The van der Waals surface area contributed by atoms with Crippen LogP contribution in [0.1, 0.15) is 18.4 Å². The molecule has 1 fully saturated rings. The van der Waals surface area contributed by atoms with Crippen LogP contribution >= 0.6 is 11.3 Å². The fourth-order valence-corrected chi connectivity index (χ4v) is 3.35. The lowest BCUT2D eigenvalue weighted by Crippen LogP contribution is -2.40. The van der Waals surface area contributed by atoms with Crippen molar-refractivity contribution in [3.8, 4) is 17.0 Å². The number of nitrogens with one attached hydrogen (secondary N) is 2. The van der Waals surface area contributed by atoms with Gasteiger partial charge in [0.1, 0.15) is 5.75 Å². The van der Waals surface area contributed by atoms with Crippen molar-refractivity contribution in [2.45, 2.75) is 19.8 Å². The van der Waals surface area contributed by atoms with Crippen LogP contribution in [0.5, 0.6) is 5.75 Å². The Balaban J connectivity index is 1.73. The number of aryl methyl sites for hydroxylation is 1. The van der Waals surface area contributed by atoms with E-state index in [0.29, 0.717) is 24.5 Å². The van der Waals surface area contributed by atoms with Gasteiger partial charge in [-0.05, 0) is 25.5 Å². The summed E-state index contributed by atoms with van der Waals surface area (Å²) in [4.78, 5) is 27.9. The van der Waals surface area contributed by atoms with E-state index in [2.05, 4.69) is 15.6 Å². The van der Waals surface area contributed by atoms with E-state index in [-0.39, 0.29) is 17.7 Å². The molecule has 2 heterocycles. The Morgan fingerprint density at radius 2 is 2.29 bits per heavy atom. The number of nitrogens with zero attached hydrogens (tertiary/aromatic N) is 1. The number of piperidine rings is 1. The van der Waals surface area contributed by atoms with Crippen LogP contribution in [-0.2, 0) is 9.59 Å². The maximum Gasteiger partial charge on any atom is 0.231 e. The number of aromatic nitrogens is 1. The van der Waals surface area contributed by atoms with Crippen molar-refractivity contribution in [1.29, 1.82) is 0 Å². The van der Waals surface area contributed by atoms with Gasteiger partial charge in [0.05, 0.1) is 18.7 Å². The maximum absolute atomic E-state index is 12.3. The zero-order valence-electron chi connectivity index (χ0n) is 13.6. The molecule has 2 aromatic rings. The second kappa shape index (κ2) is 7.00. The normalized spacial score (nSPS) is 17.2. The van der Waals surface area contributed by atoms with Gasteiger partial charge in [0.15, 0.2) is 5.13 Å². The highest BCUT2D eigenvalue weighted by Crippen LogP contribution is 2.33. The number of carbonyl (C=O) groups excluding carboxylic acids is 2. The molecule has 2 N–H and O–H groups in total. The molecule has 2 amide bonds. The summed E-state index contributed by atoms with van der Waals surface area (Å²) < 4.78 is 5.39. The predicted octanol–water partition coefficient (Wildman–Crippen LogP) is 2.59. The number of methoxy groups -OCH3 is 1. The van der Waals surface area contributed by atoms with Gasteiger partial charge in [-0.25, -0.2) is 4.98 Å². The average molecular weight is 345 g/mol. The summed E-state index contributed by atoms with van der Waals surface area (Å²) in [5.41, 5.74) is 2.79. The Hall–Kier alpha value is -2.41. The van der Waals surface area contributed by atoms with Crippen LogP contribution in [0.4, 0.5) is 5.13 Å². The summed E-state index contributed by atoms with van der Waals surface area (Å²) in [5.74, 6) is 0.441. The number of carbonyl (C=O) groups is 2. The third kappa shape index (κ3) is 3.56. The van der Waals surface area contributed by atoms with E-state index in [1.165, 1.54) is 11.3 Å². The maximum atomic E-state index is 12.3. The highest BCUT2D eigenvalue weighted by atomic mass is 32.1. The van der Waals surface area contributed by atoms with Crippen LogP contribution in [0, 0.1) is 12.8 Å². The largest absolute Gasteiger partial charge is 0.496 e. The number of ether oxygens (including phenoxy) is 1. The molecule has 3 rings (SSSR count). The van der Waals surface area contributed by atoms with Crippen LogP contribution in [0.3, 0.4) is 0 Å². The molecule has 1 atom stereocenters. The molecule has 0 spiro atoms. The molecule has 0 unspecified atom stereocenters. The Bertz CT molecular complexity index is 762. The van der Waals surface area contributed by atoms with Crippen molar-refractivity contribution < 1.29 is 14.3 Å². The summed E-state index contributed by atoms with van der Waals surface area (Å²) in [7, 11) is 1.63. The monoisotopic (exact) mass is 345 g/mol. The third-order valence-corrected chi connectivity index (χ3v) is 4.76. The summed E-state index contributed by atoms with van der Waals surface area (Å²) in [6.07, 6.45) is 0.962. The topological polar surface area (TPSA) is 80.3 Å². The number of thiazole rings is 1. The standard InChI is InChI=1S/C17H19N3O3S/c1-10-3-5-14(23-2)12(7-10)13-9-24-17(19-13)20-16(22)11-4-6-15(21)18-8-11/h3,5,7,9,11H,4,6,8H2,1-2H3,(H,18,21)(H,19,20,22)/t11-/m0/s1. The van der Waals surface area contributed by atoms with E-state index in [0.717, 1.165) is 22.6 Å². The fourth-order valence-electron chi connectivity index (χ4n) is 2.64. The molecule has 0 radical (unpaired) electrons. The number of hydrogen-bond donors (Lipinski definition) is 2. The Morgan fingerprint density at radius 3 is 3.00 bits per heavy atom. The highest BCUT2D eigenvalue weighted by Gasteiger charge is 2.25. The first kappa shape index (κ1) is 16.4. The van der Waals surface area contributed by atoms with Crippen LogP contribution < -0.4 is 15.4 Å². The van der Waals surface area contributed by atoms with Gasteiger partial charge < -0.3 is 15.4 Å². The van der Waals surface area contributed by atoms with Crippen molar-refractivity contribution in [1.82, 2.24) is 10.3 Å². The SMILES string of the molecule is COc1ccc(C)cc1-c1csc(NC(=O)[C@H]2CCC(=O)NC2)n1. The van der Waals surface area contributed by atoms with Crippen molar-refractivity contribution in [2.24, 2.45) is 5.92 Å². The van der Waals surface area contributed by atoms with E-state index in [9.17, 15) is 9.59 Å². The summed E-state index contributed by atoms with van der Waals surface area (Å²) >= 11 is 1.38. The molecule has 1 aliphatic rings. The molecule has 0 saturated carbocycles. The lowest BCUT2D eigenvalue weighted by molar-refractivity contribution is -0.126. The molecule has 0 bridgehead atoms. The van der Waals surface area contributed by atoms with E-state index in [4.69, 9.17) is 4.74 Å². The van der Waals surface area contributed by atoms with Crippen LogP contribution in [0.15, 0.2) is 23.6 Å². The molecular weight excluding hydrogens is 326 g/mol. The quantitative estimate of drug-likeness (QED) is 0.892. The van der Waals surface area contributed by atoms with Crippen molar-refractivity contribution >= 4 is 28.3 Å². The average Bonchev–Trinajstić information content (AvgIpc) is 3.03. The molecule has 126 valence electrons. The fraction of sp³-hybridized carbons (Fsp3) is 0.353. The smallest absolute Gasteiger partial charge is 0.231 e. The van der Waals surface area contributed by atoms with Gasteiger partial charge >= 0.3 is 0 Å². The second-order valence-corrected chi connectivity index (χ2v) is 6.63. The summed E-state index contributed by atoms with van der Waals surface area (Å²) in [6, 6.07) is 5.90. The Kier molecular flexibility index (Phi) is 4.80. The van der Waals surface area contributed by atoms with Crippen molar-refractivity contribution in [2.75, 3.05) is 19.0 Å². The Morgan fingerprint density at radius 1 is 1.46 bits per heavy atom. The minimum atomic E-state index is -0.205. The third-order valence-electron chi connectivity index (χ3n) is 4.00. The first-order valence-corrected chi connectivity index (χ1v) is 8.63. The number of hydrogen-bond acceptors (Lipinski definition) is 5. The van der Waals surface area contributed by atoms with Gasteiger partial charge in [-0.2, -0.15) is 0 Å². The predicted molar refractivity (Wildman–Crippen MR) is 93.2 cm³/mol. The lowest BCUT2D eigenvalue weighted by Gasteiger charge is -2.20. The molecule has 6 nitrogen and oxygen atoms in total. The highest BCUT2D eigenvalue weighted by molar-refractivity contribution is 7.14. The van der Waals surface area contributed by atoms with Crippen LogP contribution in [0.2, 0.25) is 0 Å². The molecule has 1 aliphatic heterocycles. The zero-order chi connectivity index (χ0) is 17.1. The van der Waals surface area contributed by atoms with Gasteiger partial charge in [-0.1, -0.05) is 11.6 Å². The molecule has 1 aromatic carbocycles. The zero-order valence-corrected chi connectivity index (χ0v) is 14.4. The van der Waals surface area contributed by atoms with E-state index in [1.807, 2.05) is 30.5 Å². The van der Waals surface area contributed by atoms with Crippen molar-refractivity contribution in [3.63, 3.8) is 0 Å². The molecule has 7 heteroatoms. The molecular formula is C17H19N3O3S. The molecule has 1 saturated heterocycles. The molecule has 24 heavy (non-hydrogen) atoms. The molecule has 0 aliphatic carbocycles. The Labute approximate surface area is 144 Å². The first-order chi connectivity index (χ1) is 11.6. The van der Waals surface area contributed by atoms with E-state index in [1.54, 1.807) is 7.11 Å². The number of benzene rings is 1. The van der Waals surface area contributed by atoms with Gasteiger partial charge in [0.25, 0.3) is 0 Å². The minimum absolute atomic E-state index is 0.00197. The minimum Gasteiger partial charge on any atom is -0.496 e. The van der Waals surface area contributed by atoms with Crippen LogP contribution in [-0.4, -0.2) is 30.5 Å². The second-order valence-electron chi connectivity index (χ2n) is 5.77. The van der Waals surface area contributed by atoms with Crippen LogP contribution in [0.25, 0.3) is 11.3 Å². The molecule has 1 aromatic heterocycles. The van der Waals surface area contributed by atoms with Gasteiger partial charge in [-0.3, -0.25) is 9.59 Å². The first-order valence-electron chi connectivity index (χ1n) is 7.75. The lowest BCUT2D eigenvalue weighted by atomic mass is 9.98. The summed E-state index contributed by atoms with van der Waals surface area (Å²) in [6.45, 7) is 2.39.